The molecule has 0 spiro atoms. The van der Waals surface area contributed by atoms with Crippen LogP contribution in [0.3, 0.4) is 0 Å². The first-order valence-electron chi connectivity index (χ1n) is 4.15. The normalized spacial score (nSPS) is 10.5. The van der Waals surface area contributed by atoms with Gasteiger partial charge in [-0.3, -0.25) is 4.68 Å². The minimum atomic E-state index is -1.07. The highest BCUT2D eigenvalue weighted by Crippen LogP contribution is 2.11. The number of carboxylic acid groups (broad SMARTS) is 1. The Labute approximate surface area is 93.4 Å². The first-order chi connectivity index (χ1) is 7.15. The van der Waals surface area contributed by atoms with Crippen molar-refractivity contribution in [3.05, 3.63) is 40.5 Å². The van der Waals surface area contributed by atoms with E-state index in [1.54, 1.807) is 23.1 Å². The highest BCUT2D eigenvalue weighted by Gasteiger charge is 2.09. The molecule has 0 aromatic carbocycles. The Kier molecular flexibility index (Phi) is 2.59. The molecule has 2 aromatic rings. The van der Waals surface area contributed by atoms with Gasteiger partial charge in [0.15, 0.2) is 0 Å². The van der Waals surface area contributed by atoms with Crippen molar-refractivity contribution in [1.82, 2.24) is 9.78 Å². The summed E-state index contributed by atoms with van der Waals surface area (Å²) in [5.41, 5.74) is 0. The first kappa shape index (κ1) is 9.97. The number of hydrogen-bond donors (Lipinski definition) is 1. The summed E-state index contributed by atoms with van der Waals surface area (Å²) in [6, 6.07) is 3.05. The van der Waals surface area contributed by atoms with Crippen LogP contribution in [0.15, 0.2) is 33.4 Å². The number of carboxylic acids is 1. The lowest BCUT2D eigenvalue weighted by Gasteiger charge is -1.96. The summed E-state index contributed by atoms with van der Waals surface area (Å²) in [4.78, 5) is 10.5. The van der Waals surface area contributed by atoms with Gasteiger partial charge in [0.25, 0.3) is 0 Å². The van der Waals surface area contributed by atoms with Crippen molar-refractivity contribution in [2.24, 2.45) is 0 Å². The molecule has 2 heterocycles. The number of aromatic nitrogens is 2. The summed E-state index contributed by atoms with van der Waals surface area (Å²) >= 11 is 3.27. The van der Waals surface area contributed by atoms with Crippen LogP contribution in [0.5, 0.6) is 0 Å². The fourth-order valence-electron chi connectivity index (χ4n) is 1.16. The Bertz CT molecular complexity index is 489. The SMILES string of the molecule is O=C(O)c1ccc(Cn2cc(Br)cn2)o1. The third-order valence-electron chi connectivity index (χ3n) is 1.79. The topological polar surface area (TPSA) is 68.3 Å². The van der Waals surface area contributed by atoms with E-state index in [0.717, 1.165) is 4.47 Å². The molecule has 1 N–H and O–H groups in total. The standard InChI is InChI=1S/C9H7BrN2O3/c10-6-3-11-12(4-6)5-7-1-2-8(15-7)9(13)14/h1-4H,5H2,(H,13,14). The molecule has 0 fully saturated rings. The second-order valence-electron chi connectivity index (χ2n) is 2.93. The van der Waals surface area contributed by atoms with E-state index in [1.165, 1.54) is 6.07 Å². The van der Waals surface area contributed by atoms with E-state index in [-0.39, 0.29) is 5.76 Å². The van der Waals surface area contributed by atoms with Gasteiger partial charge in [-0.1, -0.05) is 0 Å². The van der Waals surface area contributed by atoms with Crippen molar-refractivity contribution in [2.75, 3.05) is 0 Å². The number of rotatable bonds is 3. The summed E-state index contributed by atoms with van der Waals surface area (Å²) in [5.74, 6) is -0.567. The zero-order valence-electron chi connectivity index (χ0n) is 7.55. The molecule has 0 atom stereocenters. The molecule has 5 nitrogen and oxygen atoms in total. The van der Waals surface area contributed by atoms with Gasteiger partial charge in [-0.25, -0.2) is 4.79 Å². The Morgan fingerprint density at radius 3 is 2.93 bits per heavy atom. The number of halogens is 1. The van der Waals surface area contributed by atoms with Gasteiger partial charge in [0, 0.05) is 6.20 Å². The molecule has 2 rings (SSSR count). The zero-order valence-corrected chi connectivity index (χ0v) is 9.14. The molecule has 0 saturated carbocycles. The maximum Gasteiger partial charge on any atom is 0.371 e. The minimum absolute atomic E-state index is 0.0591. The Balaban J connectivity index is 2.14. The third kappa shape index (κ3) is 2.27. The van der Waals surface area contributed by atoms with Crippen LogP contribution >= 0.6 is 15.9 Å². The van der Waals surface area contributed by atoms with Crippen molar-refractivity contribution in [2.45, 2.75) is 6.54 Å². The molecule has 0 aliphatic carbocycles. The van der Waals surface area contributed by atoms with Gasteiger partial charge in [0.1, 0.15) is 5.76 Å². The summed E-state index contributed by atoms with van der Waals surface area (Å²) in [5, 5.41) is 12.7. The molecule has 6 heteroatoms. The molecule has 2 aromatic heterocycles. The summed E-state index contributed by atoms with van der Waals surface area (Å²) in [7, 11) is 0. The number of furan rings is 1. The lowest BCUT2D eigenvalue weighted by atomic mass is 10.4. The molecule has 0 radical (unpaired) electrons. The lowest BCUT2D eigenvalue weighted by Crippen LogP contribution is -1.98. The van der Waals surface area contributed by atoms with Gasteiger partial charge in [0.05, 0.1) is 17.2 Å². The van der Waals surface area contributed by atoms with Gasteiger partial charge < -0.3 is 9.52 Å². The quantitative estimate of drug-likeness (QED) is 0.926. The van der Waals surface area contributed by atoms with Crippen LogP contribution < -0.4 is 0 Å². The maximum atomic E-state index is 10.5. The molecule has 0 unspecified atom stereocenters. The smallest absolute Gasteiger partial charge is 0.371 e. The number of hydrogen-bond acceptors (Lipinski definition) is 3. The van der Waals surface area contributed by atoms with E-state index in [0.29, 0.717) is 12.3 Å². The molecular formula is C9H7BrN2O3. The van der Waals surface area contributed by atoms with Crippen LogP contribution in [-0.4, -0.2) is 20.9 Å². The largest absolute Gasteiger partial charge is 0.475 e. The fraction of sp³-hybridized carbons (Fsp3) is 0.111. The predicted molar refractivity (Wildman–Crippen MR) is 54.7 cm³/mol. The van der Waals surface area contributed by atoms with Crippen LogP contribution in [0, 0.1) is 0 Å². The van der Waals surface area contributed by atoms with Crippen molar-refractivity contribution in [1.29, 1.82) is 0 Å². The molecule has 0 aliphatic rings. The van der Waals surface area contributed by atoms with Gasteiger partial charge in [-0.2, -0.15) is 5.10 Å². The van der Waals surface area contributed by atoms with Crippen molar-refractivity contribution < 1.29 is 14.3 Å². The van der Waals surface area contributed by atoms with Gasteiger partial charge >= 0.3 is 5.97 Å². The third-order valence-corrected chi connectivity index (χ3v) is 2.20. The van der Waals surface area contributed by atoms with E-state index in [1.807, 2.05) is 0 Å². The monoisotopic (exact) mass is 270 g/mol. The summed E-state index contributed by atoms with van der Waals surface area (Å²) in [6.45, 7) is 0.416. The molecule has 0 bridgehead atoms. The fourth-order valence-corrected chi connectivity index (χ4v) is 1.49. The summed E-state index contributed by atoms with van der Waals surface area (Å²) < 4.78 is 7.60. The van der Waals surface area contributed by atoms with E-state index >= 15 is 0 Å². The Morgan fingerprint density at radius 1 is 1.60 bits per heavy atom. The van der Waals surface area contributed by atoms with Crippen LogP contribution in [0.4, 0.5) is 0 Å². The van der Waals surface area contributed by atoms with Crippen LogP contribution in [0.1, 0.15) is 16.3 Å². The average molecular weight is 271 g/mol. The van der Waals surface area contributed by atoms with E-state index in [4.69, 9.17) is 9.52 Å². The Hall–Kier alpha value is -1.56. The van der Waals surface area contributed by atoms with Gasteiger partial charge in [-0.05, 0) is 28.1 Å². The van der Waals surface area contributed by atoms with Gasteiger partial charge in [0.2, 0.25) is 5.76 Å². The highest BCUT2D eigenvalue weighted by molar-refractivity contribution is 9.10. The maximum absolute atomic E-state index is 10.5. The highest BCUT2D eigenvalue weighted by atomic mass is 79.9. The van der Waals surface area contributed by atoms with Crippen molar-refractivity contribution in [3.63, 3.8) is 0 Å². The van der Waals surface area contributed by atoms with Crippen LogP contribution in [0.25, 0.3) is 0 Å². The molecule has 0 amide bonds. The lowest BCUT2D eigenvalue weighted by molar-refractivity contribution is 0.0660. The second kappa shape index (κ2) is 3.90. The first-order valence-corrected chi connectivity index (χ1v) is 4.94. The molecule has 0 aliphatic heterocycles. The van der Waals surface area contributed by atoms with E-state index in [2.05, 4.69) is 21.0 Å². The second-order valence-corrected chi connectivity index (χ2v) is 3.84. The number of nitrogens with zero attached hydrogens (tertiary/aromatic N) is 2. The molecule has 15 heavy (non-hydrogen) atoms. The zero-order chi connectivity index (χ0) is 10.8. The summed E-state index contributed by atoms with van der Waals surface area (Å²) in [6.07, 6.45) is 3.43. The van der Waals surface area contributed by atoms with Gasteiger partial charge in [-0.15, -0.1) is 0 Å². The average Bonchev–Trinajstić information content (AvgIpc) is 2.76. The predicted octanol–water partition coefficient (Wildman–Crippen LogP) is 1.99. The number of carbonyl (C=O) groups is 1. The van der Waals surface area contributed by atoms with E-state index in [9.17, 15) is 4.79 Å². The van der Waals surface area contributed by atoms with Crippen LogP contribution in [-0.2, 0) is 6.54 Å². The van der Waals surface area contributed by atoms with Crippen LogP contribution in [0.2, 0.25) is 0 Å². The molecule has 0 saturated heterocycles. The molecular weight excluding hydrogens is 264 g/mol. The van der Waals surface area contributed by atoms with Crippen molar-refractivity contribution >= 4 is 21.9 Å². The molecule has 78 valence electrons. The Morgan fingerprint density at radius 2 is 2.40 bits per heavy atom. The minimum Gasteiger partial charge on any atom is -0.475 e. The number of aromatic carboxylic acids is 1. The van der Waals surface area contributed by atoms with E-state index < -0.39 is 5.97 Å². The van der Waals surface area contributed by atoms with Crippen molar-refractivity contribution in [3.8, 4) is 0 Å².